The number of benzene rings is 1. The van der Waals surface area contributed by atoms with E-state index in [4.69, 9.17) is 0 Å². The van der Waals surface area contributed by atoms with E-state index in [1.54, 1.807) is 16.2 Å². The summed E-state index contributed by atoms with van der Waals surface area (Å²) in [7, 11) is 0. The highest BCUT2D eigenvalue weighted by Gasteiger charge is 2.43. The third kappa shape index (κ3) is 9.50. The van der Waals surface area contributed by atoms with Crippen molar-refractivity contribution in [2.45, 2.75) is 97.4 Å². The highest BCUT2D eigenvalue weighted by Crippen LogP contribution is 2.28. The second-order valence-electron chi connectivity index (χ2n) is 11.6. The Morgan fingerprint density at radius 2 is 1.79 bits per heavy atom. The van der Waals surface area contributed by atoms with Gasteiger partial charge in [0.2, 0.25) is 11.8 Å². The zero-order valence-corrected chi connectivity index (χ0v) is 26.8. The molecule has 0 aliphatic carbocycles. The van der Waals surface area contributed by atoms with Crippen LogP contribution in [0, 0.1) is 12.3 Å². The van der Waals surface area contributed by atoms with Crippen molar-refractivity contribution in [3.05, 3.63) is 41.0 Å². The lowest BCUT2D eigenvalue weighted by Crippen LogP contribution is -2.56. The van der Waals surface area contributed by atoms with Gasteiger partial charge in [0, 0.05) is 19.5 Å². The van der Waals surface area contributed by atoms with E-state index in [0.717, 1.165) is 41.1 Å². The Morgan fingerprint density at radius 3 is 2.41 bits per heavy atom. The Bertz CT molecular complexity index is 1050. The summed E-state index contributed by atoms with van der Waals surface area (Å²) in [4.78, 5) is 34.0. The molecular formula is C30H45IN4O3S. The minimum Gasteiger partial charge on any atom is -0.391 e. The molecule has 3 atom stereocenters. The van der Waals surface area contributed by atoms with Crippen molar-refractivity contribution >= 4 is 45.7 Å². The van der Waals surface area contributed by atoms with Gasteiger partial charge >= 0.3 is 0 Å². The van der Waals surface area contributed by atoms with E-state index in [1.165, 1.54) is 30.1 Å². The van der Waals surface area contributed by atoms with Crippen LogP contribution in [0.2, 0.25) is 0 Å². The summed E-state index contributed by atoms with van der Waals surface area (Å²) in [6.07, 6.45) is 6.80. The molecule has 1 fully saturated rings. The van der Waals surface area contributed by atoms with Gasteiger partial charge in [0.25, 0.3) is 0 Å². The molecule has 0 radical (unpaired) electrons. The summed E-state index contributed by atoms with van der Waals surface area (Å²) in [5, 5.41) is 16.9. The van der Waals surface area contributed by atoms with E-state index in [0.29, 0.717) is 6.54 Å². The number of alkyl halides is 1. The minimum atomic E-state index is -0.699. The molecule has 0 bridgehead atoms. The number of amides is 2. The lowest BCUT2D eigenvalue weighted by atomic mass is 9.85. The topological polar surface area (TPSA) is 94.6 Å². The molecule has 1 aliphatic rings. The summed E-state index contributed by atoms with van der Waals surface area (Å²) >= 11 is 4.04. The Hall–Kier alpha value is -1.56. The highest BCUT2D eigenvalue weighted by atomic mass is 127. The smallest absolute Gasteiger partial charge is 0.243 e. The van der Waals surface area contributed by atoms with Gasteiger partial charge in [0.05, 0.1) is 28.2 Å². The largest absolute Gasteiger partial charge is 0.391 e. The van der Waals surface area contributed by atoms with Gasteiger partial charge in [0.15, 0.2) is 0 Å². The number of thiazole rings is 1. The van der Waals surface area contributed by atoms with Gasteiger partial charge in [-0.15, -0.1) is 11.3 Å². The first kappa shape index (κ1) is 32.0. The molecule has 1 aromatic carbocycles. The molecule has 9 heteroatoms. The van der Waals surface area contributed by atoms with Crippen molar-refractivity contribution in [3.8, 4) is 10.4 Å². The van der Waals surface area contributed by atoms with Crippen molar-refractivity contribution in [1.29, 1.82) is 0 Å². The molecule has 1 aromatic heterocycles. The number of unbranched alkanes of at least 4 members (excludes halogenated alkanes) is 5. The maximum absolute atomic E-state index is 13.7. The van der Waals surface area contributed by atoms with E-state index in [-0.39, 0.29) is 30.2 Å². The first-order valence-corrected chi connectivity index (χ1v) is 16.6. The minimum absolute atomic E-state index is 0.106. The lowest BCUT2D eigenvalue weighted by molar-refractivity contribution is -0.142. The van der Waals surface area contributed by atoms with Gasteiger partial charge in [-0.05, 0) is 47.3 Å². The Labute approximate surface area is 251 Å². The molecule has 3 N–H and O–H groups in total. The van der Waals surface area contributed by atoms with E-state index < -0.39 is 18.2 Å². The number of β-amino-alcohol motifs (C(OH)–C–C–N with tert-alkyl or cyclic N) is 1. The van der Waals surface area contributed by atoms with Crippen LogP contribution in [0.5, 0.6) is 0 Å². The number of nitrogens with one attached hydrogen (secondary N) is 2. The summed E-state index contributed by atoms with van der Waals surface area (Å²) < 4.78 is 1.22. The number of aliphatic hydroxyl groups excluding tert-OH is 1. The van der Waals surface area contributed by atoms with Crippen molar-refractivity contribution < 1.29 is 14.7 Å². The predicted octanol–water partition coefficient (Wildman–Crippen LogP) is 5.48. The number of hydrogen-bond acceptors (Lipinski definition) is 6. The summed E-state index contributed by atoms with van der Waals surface area (Å²) in [6.45, 7) is 9.46. The molecule has 7 nitrogen and oxygen atoms in total. The number of carbonyl (C=O) groups is 2. The number of aromatic nitrogens is 1. The fraction of sp³-hybridized carbons (Fsp3) is 0.633. The van der Waals surface area contributed by atoms with Crippen molar-refractivity contribution in [2.24, 2.45) is 5.41 Å². The van der Waals surface area contributed by atoms with Crippen LogP contribution < -0.4 is 10.6 Å². The molecule has 0 saturated carbocycles. The first-order valence-electron chi connectivity index (χ1n) is 14.2. The van der Waals surface area contributed by atoms with Gasteiger partial charge in [-0.2, -0.15) is 0 Å². The van der Waals surface area contributed by atoms with E-state index in [9.17, 15) is 14.7 Å². The monoisotopic (exact) mass is 668 g/mol. The normalized spacial score (nSPS) is 18.4. The number of halogens is 1. The summed E-state index contributed by atoms with van der Waals surface area (Å²) in [5.74, 6) is -0.327. The summed E-state index contributed by atoms with van der Waals surface area (Å²) in [6, 6.07) is 7.01. The van der Waals surface area contributed by atoms with E-state index in [2.05, 4.69) is 38.2 Å². The van der Waals surface area contributed by atoms with Gasteiger partial charge in [-0.1, -0.05) is 93.3 Å². The van der Waals surface area contributed by atoms with Crippen molar-refractivity contribution in [2.75, 3.05) is 17.5 Å². The molecule has 3 unspecified atom stereocenters. The highest BCUT2D eigenvalue weighted by molar-refractivity contribution is 14.1. The average molecular weight is 669 g/mol. The van der Waals surface area contributed by atoms with Crippen molar-refractivity contribution in [3.63, 3.8) is 0 Å². The zero-order valence-electron chi connectivity index (χ0n) is 23.8. The average Bonchev–Trinajstić information content (AvgIpc) is 3.51. The number of hydrogen-bond donors (Lipinski definition) is 3. The number of carbonyl (C=O) groups excluding carboxylic acids is 2. The van der Waals surface area contributed by atoms with Gasteiger partial charge in [-0.25, -0.2) is 4.98 Å². The molecular weight excluding hydrogens is 623 g/mol. The molecule has 216 valence electrons. The Kier molecular flexibility index (Phi) is 12.7. The Balaban J connectivity index is 1.55. The van der Waals surface area contributed by atoms with Crippen LogP contribution in [0.4, 0.5) is 0 Å². The lowest BCUT2D eigenvalue weighted by Gasteiger charge is -2.35. The van der Waals surface area contributed by atoms with Crippen LogP contribution in [0.15, 0.2) is 29.8 Å². The molecule has 39 heavy (non-hydrogen) atoms. The SMILES string of the molecule is Cc1ncsc1-c1ccc(CNC(=O)C2CC(O)CN2C(=O)C(NCCCCCCCCI)C(C)(C)C)cc1. The maximum atomic E-state index is 13.7. The molecule has 1 aliphatic heterocycles. The standard InChI is InChI=1S/C30H45IN4O3S/c1-21-26(39-20-34-21)23-13-11-22(12-14-23)18-33-28(37)25-17-24(36)19-35(25)29(38)27(30(2,3)4)32-16-10-8-6-5-7-9-15-31/h11-14,20,24-25,27,32,36H,5-10,15-19H2,1-4H3,(H,33,37). The fourth-order valence-electron chi connectivity index (χ4n) is 5.07. The second kappa shape index (κ2) is 15.4. The van der Waals surface area contributed by atoms with Crippen LogP contribution >= 0.6 is 33.9 Å². The van der Waals surface area contributed by atoms with Crippen LogP contribution in [-0.2, 0) is 16.1 Å². The fourth-order valence-corrected chi connectivity index (χ4v) is 6.42. The number of aryl methyl sites for hydroxylation is 1. The van der Waals surface area contributed by atoms with Crippen molar-refractivity contribution in [1.82, 2.24) is 20.5 Å². The van der Waals surface area contributed by atoms with Gasteiger partial charge in [0.1, 0.15) is 6.04 Å². The number of aliphatic hydroxyl groups is 1. The molecule has 2 amide bonds. The van der Waals surface area contributed by atoms with Gasteiger partial charge in [-0.3, -0.25) is 9.59 Å². The van der Waals surface area contributed by atoms with E-state index >= 15 is 0 Å². The molecule has 0 spiro atoms. The quantitative estimate of drug-likeness (QED) is 0.141. The van der Waals surface area contributed by atoms with Crippen LogP contribution in [-0.4, -0.2) is 62.5 Å². The van der Waals surface area contributed by atoms with Crippen LogP contribution in [0.1, 0.15) is 77.0 Å². The molecule has 1 saturated heterocycles. The first-order chi connectivity index (χ1) is 18.6. The van der Waals surface area contributed by atoms with E-state index in [1.807, 2.05) is 57.5 Å². The summed E-state index contributed by atoms with van der Waals surface area (Å²) in [5.41, 5.74) is 4.63. The predicted molar refractivity (Wildman–Crippen MR) is 168 cm³/mol. The zero-order chi connectivity index (χ0) is 28.4. The number of nitrogens with zero attached hydrogens (tertiary/aromatic N) is 2. The van der Waals surface area contributed by atoms with Crippen LogP contribution in [0.3, 0.4) is 0 Å². The third-order valence-corrected chi connectivity index (χ3v) is 9.06. The van der Waals surface area contributed by atoms with Crippen LogP contribution in [0.25, 0.3) is 10.4 Å². The molecule has 3 rings (SSSR count). The number of likely N-dealkylation sites (tertiary alicyclic amines) is 1. The third-order valence-electron chi connectivity index (χ3n) is 7.31. The molecule has 2 aromatic rings. The second-order valence-corrected chi connectivity index (χ2v) is 13.6. The number of rotatable bonds is 14. The Morgan fingerprint density at radius 1 is 1.13 bits per heavy atom. The van der Waals surface area contributed by atoms with Gasteiger partial charge < -0.3 is 20.6 Å². The molecule has 2 heterocycles. The maximum Gasteiger partial charge on any atom is 0.243 e.